The Morgan fingerprint density at radius 2 is 1.73 bits per heavy atom. The van der Waals surface area contributed by atoms with Gasteiger partial charge >= 0.3 is 0 Å². The third-order valence-electron chi connectivity index (χ3n) is 4.09. The third kappa shape index (κ3) is 2.60. The van der Waals surface area contributed by atoms with Crippen LogP contribution < -0.4 is 10.1 Å². The zero-order valence-electron chi connectivity index (χ0n) is 14.3. The molecule has 1 atom stereocenters. The molecule has 0 saturated carbocycles. The van der Waals surface area contributed by atoms with E-state index in [4.69, 9.17) is 9.15 Å². The van der Waals surface area contributed by atoms with Gasteiger partial charge in [0.05, 0.1) is 12.0 Å². The van der Waals surface area contributed by atoms with Crippen molar-refractivity contribution in [3.8, 4) is 5.75 Å². The van der Waals surface area contributed by atoms with E-state index in [-0.39, 0.29) is 17.1 Å². The normalized spacial score (nSPS) is 17.8. The minimum atomic E-state index is -0.249. The number of furan rings is 1. The largest absolute Gasteiger partial charge is 0.463 e. The van der Waals surface area contributed by atoms with Gasteiger partial charge in [0.2, 0.25) is 6.23 Å². The number of fused-ring (bicyclic) bond motifs is 1. The fraction of sp³-hybridized carbons (Fsp3) is 0.474. The minimum absolute atomic E-state index is 0.0189. The molecule has 3 nitrogen and oxygen atoms in total. The van der Waals surface area contributed by atoms with Gasteiger partial charge in [-0.15, -0.1) is 0 Å². The second-order valence-corrected chi connectivity index (χ2v) is 8.06. The molecule has 1 N–H and O–H groups in total. The summed E-state index contributed by atoms with van der Waals surface area (Å²) in [6.07, 6.45) is 1.43. The zero-order chi connectivity index (χ0) is 16.1. The SMILES string of the molecule is CC(C)(C)c1cc2c(c(C(C)(C)C)c1)O[C@H](c1ccco1)N2. The van der Waals surface area contributed by atoms with Gasteiger partial charge in [-0.25, -0.2) is 0 Å². The van der Waals surface area contributed by atoms with Crippen molar-refractivity contribution in [3.63, 3.8) is 0 Å². The van der Waals surface area contributed by atoms with Crippen LogP contribution in [0.15, 0.2) is 34.9 Å². The van der Waals surface area contributed by atoms with Crippen LogP contribution in [0.5, 0.6) is 5.75 Å². The quantitative estimate of drug-likeness (QED) is 0.768. The summed E-state index contributed by atoms with van der Waals surface area (Å²) in [4.78, 5) is 0. The smallest absolute Gasteiger partial charge is 0.229 e. The van der Waals surface area contributed by atoms with Crippen LogP contribution in [0.1, 0.15) is 64.7 Å². The third-order valence-corrected chi connectivity index (χ3v) is 4.09. The van der Waals surface area contributed by atoms with Gasteiger partial charge < -0.3 is 14.5 Å². The van der Waals surface area contributed by atoms with Crippen LogP contribution in [0.25, 0.3) is 0 Å². The molecule has 0 amide bonds. The summed E-state index contributed by atoms with van der Waals surface area (Å²) < 4.78 is 11.7. The van der Waals surface area contributed by atoms with E-state index in [1.807, 2.05) is 12.1 Å². The van der Waals surface area contributed by atoms with Crippen LogP contribution in [0.4, 0.5) is 5.69 Å². The van der Waals surface area contributed by atoms with E-state index in [0.717, 1.165) is 17.2 Å². The molecule has 1 aliphatic rings. The first-order chi connectivity index (χ1) is 10.2. The molecule has 3 heteroatoms. The number of benzene rings is 1. The first-order valence-corrected chi connectivity index (χ1v) is 7.82. The lowest BCUT2D eigenvalue weighted by molar-refractivity contribution is 0.220. The van der Waals surface area contributed by atoms with Crippen molar-refractivity contribution in [3.05, 3.63) is 47.4 Å². The lowest BCUT2D eigenvalue weighted by Gasteiger charge is -2.26. The predicted molar refractivity (Wildman–Crippen MR) is 89.5 cm³/mol. The highest BCUT2D eigenvalue weighted by Gasteiger charge is 2.33. The van der Waals surface area contributed by atoms with Gasteiger partial charge in [0.25, 0.3) is 0 Å². The van der Waals surface area contributed by atoms with Crippen molar-refractivity contribution >= 4 is 5.69 Å². The number of anilines is 1. The van der Waals surface area contributed by atoms with Crippen molar-refractivity contribution < 1.29 is 9.15 Å². The van der Waals surface area contributed by atoms with Gasteiger partial charge in [0.15, 0.2) is 5.76 Å². The molecule has 0 unspecified atom stereocenters. The molecule has 0 saturated heterocycles. The zero-order valence-corrected chi connectivity index (χ0v) is 14.3. The Kier molecular flexibility index (Phi) is 3.28. The second kappa shape index (κ2) is 4.80. The second-order valence-electron chi connectivity index (χ2n) is 8.06. The summed E-state index contributed by atoms with van der Waals surface area (Å²) in [7, 11) is 0. The minimum Gasteiger partial charge on any atom is -0.463 e. The predicted octanol–water partition coefficient (Wildman–Crippen LogP) is 5.38. The van der Waals surface area contributed by atoms with Crippen molar-refractivity contribution in [1.82, 2.24) is 0 Å². The molecule has 0 bridgehead atoms. The number of rotatable bonds is 1. The molecule has 0 aliphatic carbocycles. The van der Waals surface area contributed by atoms with Crippen LogP contribution in [-0.2, 0) is 10.8 Å². The van der Waals surface area contributed by atoms with Crippen molar-refractivity contribution in [2.45, 2.75) is 58.6 Å². The molecule has 1 aromatic carbocycles. The van der Waals surface area contributed by atoms with E-state index in [1.165, 1.54) is 11.1 Å². The van der Waals surface area contributed by atoms with Crippen LogP contribution in [0.2, 0.25) is 0 Å². The van der Waals surface area contributed by atoms with Crippen molar-refractivity contribution in [2.24, 2.45) is 0 Å². The van der Waals surface area contributed by atoms with Gasteiger partial charge in [-0.3, -0.25) is 0 Å². The Morgan fingerprint density at radius 1 is 1.00 bits per heavy atom. The maximum absolute atomic E-state index is 6.17. The number of ether oxygens (including phenoxy) is 1. The summed E-state index contributed by atoms with van der Waals surface area (Å²) in [6.45, 7) is 13.4. The molecule has 118 valence electrons. The van der Waals surface area contributed by atoms with E-state index in [9.17, 15) is 0 Å². The number of hydrogen-bond donors (Lipinski definition) is 1. The molecular weight excluding hydrogens is 274 g/mol. The van der Waals surface area contributed by atoms with E-state index < -0.39 is 0 Å². The molecule has 2 heterocycles. The van der Waals surface area contributed by atoms with Gasteiger partial charge in [0, 0.05) is 5.56 Å². The fourth-order valence-corrected chi connectivity index (χ4v) is 2.71. The molecule has 22 heavy (non-hydrogen) atoms. The molecule has 3 rings (SSSR count). The van der Waals surface area contributed by atoms with E-state index in [2.05, 4.69) is 59.0 Å². The van der Waals surface area contributed by atoms with Crippen LogP contribution in [0, 0.1) is 0 Å². The molecule has 0 spiro atoms. The lowest BCUT2D eigenvalue weighted by Crippen LogP contribution is -2.17. The summed E-state index contributed by atoms with van der Waals surface area (Å²) in [6, 6.07) is 8.30. The van der Waals surface area contributed by atoms with Crippen molar-refractivity contribution in [2.75, 3.05) is 5.32 Å². The number of nitrogens with one attached hydrogen (secondary N) is 1. The highest BCUT2D eigenvalue weighted by molar-refractivity contribution is 5.67. The van der Waals surface area contributed by atoms with Crippen LogP contribution in [0.3, 0.4) is 0 Å². The Labute approximate surface area is 132 Å². The average molecular weight is 299 g/mol. The Balaban J connectivity index is 2.09. The molecular formula is C19H25NO2. The fourth-order valence-electron chi connectivity index (χ4n) is 2.71. The topological polar surface area (TPSA) is 34.4 Å². The van der Waals surface area contributed by atoms with Crippen molar-refractivity contribution in [1.29, 1.82) is 0 Å². The van der Waals surface area contributed by atoms with Gasteiger partial charge in [-0.2, -0.15) is 0 Å². The van der Waals surface area contributed by atoms with E-state index in [1.54, 1.807) is 6.26 Å². The Hall–Kier alpha value is -1.90. The summed E-state index contributed by atoms with van der Waals surface area (Å²) in [5, 5.41) is 3.45. The lowest BCUT2D eigenvalue weighted by atomic mass is 9.80. The van der Waals surface area contributed by atoms with Gasteiger partial charge in [0.1, 0.15) is 5.75 Å². The summed E-state index contributed by atoms with van der Waals surface area (Å²) in [5.74, 6) is 1.75. The highest BCUT2D eigenvalue weighted by atomic mass is 16.5. The van der Waals surface area contributed by atoms with Gasteiger partial charge in [-0.1, -0.05) is 47.6 Å². The summed E-state index contributed by atoms with van der Waals surface area (Å²) in [5.41, 5.74) is 3.72. The maximum atomic E-state index is 6.17. The Bertz CT molecular complexity index is 673. The standard InChI is InChI=1S/C19H25NO2/c1-18(2,3)12-10-13(19(4,5)6)16-14(11-12)20-17(22-16)15-8-7-9-21-15/h7-11,17,20H,1-6H3/t17-/m1/s1. The molecule has 1 aliphatic heterocycles. The average Bonchev–Trinajstić information content (AvgIpc) is 3.03. The maximum Gasteiger partial charge on any atom is 0.229 e. The van der Waals surface area contributed by atoms with E-state index in [0.29, 0.717) is 0 Å². The molecule has 1 aromatic heterocycles. The summed E-state index contributed by atoms with van der Waals surface area (Å²) >= 11 is 0. The number of hydrogen-bond acceptors (Lipinski definition) is 3. The molecule has 0 radical (unpaired) electrons. The highest BCUT2D eigenvalue weighted by Crippen LogP contribution is 2.47. The monoisotopic (exact) mass is 299 g/mol. The van der Waals surface area contributed by atoms with E-state index >= 15 is 0 Å². The van der Waals surface area contributed by atoms with Gasteiger partial charge in [-0.05, 0) is 34.6 Å². The van der Waals surface area contributed by atoms with Crippen LogP contribution in [-0.4, -0.2) is 0 Å². The first kappa shape index (κ1) is 15.0. The first-order valence-electron chi connectivity index (χ1n) is 7.82. The molecule has 0 fully saturated rings. The van der Waals surface area contributed by atoms with Crippen LogP contribution >= 0.6 is 0 Å². The molecule has 2 aromatic rings. The Morgan fingerprint density at radius 3 is 2.27 bits per heavy atom.